The minimum absolute atomic E-state index is 0.0640. The fourth-order valence-electron chi connectivity index (χ4n) is 2.50. The van der Waals surface area contributed by atoms with Crippen LogP contribution in [0.15, 0.2) is 4.47 Å². The van der Waals surface area contributed by atoms with E-state index in [9.17, 15) is 9.59 Å². The van der Waals surface area contributed by atoms with Gasteiger partial charge in [0.2, 0.25) is 5.91 Å². The van der Waals surface area contributed by atoms with Crippen LogP contribution in [0.1, 0.15) is 41.9 Å². The van der Waals surface area contributed by atoms with E-state index in [-0.39, 0.29) is 11.8 Å². The van der Waals surface area contributed by atoms with Gasteiger partial charge in [0.05, 0.1) is 10.2 Å². The second-order valence-electron chi connectivity index (χ2n) is 5.37. The molecule has 6 nitrogen and oxygen atoms in total. The molecule has 20 heavy (non-hydrogen) atoms. The first-order chi connectivity index (χ1) is 9.58. The molecule has 1 aliphatic carbocycles. The molecule has 0 atom stereocenters. The average molecular weight is 341 g/mol. The summed E-state index contributed by atoms with van der Waals surface area (Å²) in [5, 5.41) is 7.14. The maximum absolute atomic E-state index is 12.5. The number of amides is 2. The molecule has 0 unspecified atom stereocenters. The van der Waals surface area contributed by atoms with E-state index in [2.05, 4.69) is 26.1 Å². The van der Waals surface area contributed by atoms with Gasteiger partial charge >= 0.3 is 0 Å². The maximum atomic E-state index is 12.5. The number of hydrogen-bond donors (Lipinski definition) is 1. The van der Waals surface area contributed by atoms with Crippen molar-refractivity contribution >= 4 is 27.7 Å². The van der Waals surface area contributed by atoms with Gasteiger partial charge in [-0.3, -0.25) is 14.7 Å². The molecular formula is C13H17BrN4O2. The summed E-state index contributed by atoms with van der Waals surface area (Å²) in [6.45, 7) is 3.88. The van der Waals surface area contributed by atoms with E-state index < -0.39 is 0 Å². The van der Waals surface area contributed by atoms with E-state index in [0.29, 0.717) is 37.8 Å². The van der Waals surface area contributed by atoms with Crippen LogP contribution in [-0.2, 0) is 4.79 Å². The monoisotopic (exact) mass is 340 g/mol. The highest BCUT2D eigenvalue weighted by molar-refractivity contribution is 9.10. The summed E-state index contributed by atoms with van der Waals surface area (Å²) in [5.74, 6) is 0.519. The van der Waals surface area contributed by atoms with Crippen LogP contribution >= 0.6 is 15.9 Å². The maximum Gasteiger partial charge on any atom is 0.275 e. The predicted molar refractivity (Wildman–Crippen MR) is 76.4 cm³/mol. The first-order valence-electron chi connectivity index (χ1n) is 6.86. The summed E-state index contributed by atoms with van der Waals surface area (Å²) in [6.07, 6.45) is 2.32. The van der Waals surface area contributed by atoms with E-state index in [1.807, 2.05) is 0 Å². The highest BCUT2D eigenvalue weighted by Crippen LogP contribution is 2.43. The molecule has 1 saturated heterocycles. The molecule has 1 aliphatic heterocycles. The van der Waals surface area contributed by atoms with E-state index in [4.69, 9.17) is 0 Å². The summed E-state index contributed by atoms with van der Waals surface area (Å²) in [5.41, 5.74) is 1.50. The Kier molecular flexibility index (Phi) is 3.54. The normalized spacial score (nSPS) is 19.3. The molecule has 3 rings (SSSR count). The number of halogens is 1. The zero-order chi connectivity index (χ0) is 14.3. The molecule has 0 aromatic carbocycles. The molecule has 0 bridgehead atoms. The molecule has 1 aromatic rings. The Hall–Kier alpha value is -1.37. The van der Waals surface area contributed by atoms with Gasteiger partial charge in [0.25, 0.3) is 5.91 Å². The minimum Gasteiger partial charge on any atom is -0.339 e. The number of rotatable bonds is 2. The third-order valence-electron chi connectivity index (χ3n) is 3.93. The lowest BCUT2D eigenvalue weighted by molar-refractivity contribution is -0.130. The number of H-pyrrole nitrogens is 1. The van der Waals surface area contributed by atoms with Crippen LogP contribution in [0.3, 0.4) is 0 Å². The Morgan fingerprint density at radius 2 is 1.80 bits per heavy atom. The van der Waals surface area contributed by atoms with Gasteiger partial charge in [-0.15, -0.1) is 0 Å². The van der Waals surface area contributed by atoms with Crippen molar-refractivity contribution in [2.24, 2.45) is 0 Å². The number of nitrogens with zero attached hydrogens (tertiary/aromatic N) is 3. The number of carbonyl (C=O) groups is 2. The van der Waals surface area contributed by atoms with Crippen LogP contribution in [0.25, 0.3) is 0 Å². The fourth-order valence-corrected chi connectivity index (χ4v) is 3.17. The van der Waals surface area contributed by atoms with E-state index in [1.54, 1.807) is 16.7 Å². The Morgan fingerprint density at radius 1 is 1.20 bits per heavy atom. The van der Waals surface area contributed by atoms with Crippen LogP contribution in [0, 0.1) is 0 Å². The third kappa shape index (κ3) is 2.46. The Balaban J connectivity index is 1.69. The third-order valence-corrected chi connectivity index (χ3v) is 4.74. The van der Waals surface area contributed by atoms with E-state index in [0.717, 1.165) is 23.0 Å². The lowest BCUT2D eigenvalue weighted by atomic mass is 10.2. The molecule has 1 N–H and O–H groups in total. The summed E-state index contributed by atoms with van der Waals surface area (Å²) < 4.78 is 0.805. The number of carbonyl (C=O) groups excluding carboxylic acids is 2. The summed E-state index contributed by atoms with van der Waals surface area (Å²) >= 11 is 3.49. The Labute approximate surface area is 125 Å². The molecule has 0 radical (unpaired) electrons. The molecule has 2 amide bonds. The lowest BCUT2D eigenvalue weighted by Crippen LogP contribution is -2.50. The standard InChI is InChI=1S/C13H17BrN4O2/c1-8(19)17-4-6-18(7-5-17)13(20)12-10(14)11(15-16-12)9-2-3-9/h9H,2-7H2,1H3,(H,15,16). The van der Waals surface area contributed by atoms with Crippen LogP contribution in [-0.4, -0.2) is 58.0 Å². The van der Waals surface area contributed by atoms with Gasteiger partial charge in [-0.2, -0.15) is 5.10 Å². The first-order valence-corrected chi connectivity index (χ1v) is 7.65. The van der Waals surface area contributed by atoms with E-state index >= 15 is 0 Å². The van der Waals surface area contributed by atoms with Gasteiger partial charge in [0.1, 0.15) is 0 Å². The van der Waals surface area contributed by atoms with E-state index in [1.165, 1.54) is 0 Å². The van der Waals surface area contributed by atoms with Crippen LogP contribution in [0.4, 0.5) is 0 Å². The van der Waals surface area contributed by atoms with Crippen molar-refractivity contribution in [3.8, 4) is 0 Å². The van der Waals surface area contributed by atoms with Crippen molar-refractivity contribution in [3.63, 3.8) is 0 Å². The molecule has 0 spiro atoms. The number of aromatic nitrogens is 2. The quantitative estimate of drug-likeness (QED) is 0.883. The number of aromatic amines is 1. The molecule has 2 aliphatic rings. The smallest absolute Gasteiger partial charge is 0.275 e. The van der Waals surface area contributed by atoms with Crippen LogP contribution in [0.5, 0.6) is 0 Å². The summed E-state index contributed by atoms with van der Waals surface area (Å²) in [4.78, 5) is 27.3. The molecule has 7 heteroatoms. The van der Waals surface area contributed by atoms with Gasteiger partial charge < -0.3 is 9.80 Å². The number of piperazine rings is 1. The molecule has 1 aromatic heterocycles. The van der Waals surface area contributed by atoms with Gasteiger partial charge in [-0.1, -0.05) is 0 Å². The lowest BCUT2D eigenvalue weighted by Gasteiger charge is -2.33. The molecular weight excluding hydrogens is 324 g/mol. The highest BCUT2D eigenvalue weighted by Gasteiger charge is 2.32. The van der Waals surface area contributed by atoms with Crippen LogP contribution in [0.2, 0.25) is 0 Å². The second kappa shape index (κ2) is 5.20. The Morgan fingerprint density at radius 3 is 2.35 bits per heavy atom. The second-order valence-corrected chi connectivity index (χ2v) is 6.17. The van der Waals surface area contributed by atoms with Gasteiger partial charge in [0.15, 0.2) is 5.69 Å². The van der Waals surface area contributed by atoms with Gasteiger partial charge in [-0.25, -0.2) is 0 Å². The zero-order valence-corrected chi connectivity index (χ0v) is 12.9. The summed E-state index contributed by atoms with van der Waals surface area (Å²) in [6, 6.07) is 0. The minimum atomic E-state index is -0.0665. The zero-order valence-electron chi connectivity index (χ0n) is 11.4. The van der Waals surface area contributed by atoms with Crippen molar-refractivity contribution in [1.82, 2.24) is 20.0 Å². The highest BCUT2D eigenvalue weighted by atomic mass is 79.9. The SMILES string of the molecule is CC(=O)N1CCN(C(=O)c2n[nH]c(C3CC3)c2Br)CC1. The molecule has 2 heterocycles. The fraction of sp³-hybridized carbons (Fsp3) is 0.615. The first kappa shape index (κ1) is 13.6. The van der Waals surface area contributed by atoms with Crippen LogP contribution < -0.4 is 0 Å². The molecule has 2 fully saturated rings. The van der Waals surface area contributed by atoms with Crippen molar-refractivity contribution < 1.29 is 9.59 Å². The predicted octanol–water partition coefficient (Wildman–Crippen LogP) is 1.35. The van der Waals surface area contributed by atoms with Gasteiger partial charge in [-0.05, 0) is 28.8 Å². The largest absolute Gasteiger partial charge is 0.339 e. The van der Waals surface area contributed by atoms with Crippen molar-refractivity contribution in [3.05, 3.63) is 15.9 Å². The number of nitrogens with one attached hydrogen (secondary N) is 1. The summed E-state index contributed by atoms with van der Waals surface area (Å²) in [7, 11) is 0. The molecule has 1 saturated carbocycles. The topological polar surface area (TPSA) is 69.3 Å². The number of hydrogen-bond acceptors (Lipinski definition) is 3. The van der Waals surface area contributed by atoms with Crippen molar-refractivity contribution in [2.45, 2.75) is 25.7 Å². The van der Waals surface area contributed by atoms with Gasteiger partial charge in [0, 0.05) is 39.0 Å². The average Bonchev–Trinajstić information content (AvgIpc) is 3.21. The molecule has 108 valence electrons. The van der Waals surface area contributed by atoms with Crippen molar-refractivity contribution in [2.75, 3.05) is 26.2 Å². The van der Waals surface area contributed by atoms with Crippen molar-refractivity contribution in [1.29, 1.82) is 0 Å². The Bertz CT molecular complexity index is 545.